The first-order valence-corrected chi connectivity index (χ1v) is 5.94. The van der Waals surface area contributed by atoms with Crippen LogP contribution in [0.2, 0.25) is 0 Å². The van der Waals surface area contributed by atoms with E-state index in [1.807, 2.05) is 0 Å². The highest BCUT2D eigenvalue weighted by Gasteiger charge is 2.26. The van der Waals surface area contributed by atoms with Crippen LogP contribution in [0.4, 0.5) is 19.3 Å². The van der Waals surface area contributed by atoms with E-state index in [0.717, 1.165) is 12.1 Å². The lowest BCUT2D eigenvalue weighted by Gasteiger charge is -2.32. The van der Waals surface area contributed by atoms with Gasteiger partial charge >= 0.3 is 6.03 Å². The molecular weight excluding hydrogens is 270 g/mol. The van der Waals surface area contributed by atoms with Crippen molar-refractivity contribution in [2.24, 2.45) is 5.73 Å². The highest BCUT2D eigenvalue weighted by molar-refractivity contribution is 5.90. The van der Waals surface area contributed by atoms with E-state index >= 15 is 0 Å². The summed E-state index contributed by atoms with van der Waals surface area (Å²) in [5.74, 6) is -1.74. The molecule has 0 aromatic heterocycles. The molecule has 108 valence electrons. The average Bonchev–Trinajstić information content (AvgIpc) is 2.42. The van der Waals surface area contributed by atoms with Crippen molar-refractivity contribution < 1.29 is 18.3 Å². The number of nitrogens with one attached hydrogen (secondary N) is 2. The zero-order valence-corrected chi connectivity index (χ0v) is 10.5. The summed E-state index contributed by atoms with van der Waals surface area (Å²) < 4.78 is 31.4. The second kappa shape index (κ2) is 5.83. The van der Waals surface area contributed by atoms with Crippen molar-refractivity contribution in [3.8, 4) is 0 Å². The van der Waals surface area contributed by atoms with E-state index in [0.29, 0.717) is 12.6 Å². The smallest absolute Gasteiger partial charge is 0.322 e. The Kier molecular flexibility index (Phi) is 4.14. The molecule has 0 bridgehead atoms. The predicted molar refractivity (Wildman–Crippen MR) is 68.6 cm³/mol. The third kappa shape index (κ3) is 3.21. The molecule has 1 saturated heterocycles. The highest BCUT2D eigenvalue weighted by Crippen LogP contribution is 2.16. The van der Waals surface area contributed by atoms with E-state index in [1.165, 1.54) is 4.90 Å². The first-order valence-electron chi connectivity index (χ1n) is 5.94. The van der Waals surface area contributed by atoms with Crippen LogP contribution in [0, 0.1) is 17.0 Å². The zero-order valence-electron chi connectivity index (χ0n) is 10.5. The molecule has 2 rings (SSSR count). The summed E-state index contributed by atoms with van der Waals surface area (Å²) >= 11 is 0. The van der Waals surface area contributed by atoms with E-state index in [9.17, 15) is 13.6 Å². The number of morpholine rings is 1. The number of hydrogen-bond acceptors (Lipinski definition) is 3. The van der Waals surface area contributed by atoms with Gasteiger partial charge in [-0.3, -0.25) is 5.41 Å². The number of nitrogens with zero attached hydrogens (tertiary/aromatic N) is 1. The summed E-state index contributed by atoms with van der Waals surface area (Å²) in [6.45, 7) is 0.659. The van der Waals surface area contributed by atoms with Gasteiger partial charge in [-0.2, -0.15) is 0 Å². The summed E-state index contributed by atoms with van der Waals surface area (Å²) in [7, 11) is 0. The van der Waals surface area contributed by atoms with Crippen molar-refractivity contribution in [1.82, 2.24) is 4.90 Å². The van der Waals surface area contributed by atoms with Crippen LogP contribution in [0.3, 0.4) is 0 Å². The number of halogens is 2. The van der Waals surface area contributed by atoms with Gasteiger partial charge in [-0.15, -0.1) is 0 Å². The lowest BCUT2D eigenvalue weighted by atomic mass is 10.2. The SMILES string of the molecule is N=C(N)C1CN(C(=O)Nc2ccc(F)cc2F)CCO1. The summed E-state index contributed by atoms with van der Waals surface area (Å²) in [5, 5.41) is 9.64. The molecule has 1 aliphatic rings. The van der Waals surface area contributed by atoms with E-state index in [4.69, 9.17) is 15.9 Å². The van der Waals surface area contributed by atoms with Crippen molar-refractivity contribution >= 4 is 17.6 Å². The largest absolute Gasteiger partial charge is 0.385 e. The fraction of sp³-hybridized carbons (Fsp3) is 0.333. The first-order chi connectivity index (χ1) is 9.47. The third-order valence-electron chi connectivity index (χ3n) is 2.87. The molecule has 0 saturated carbocycles. The van der Waals surface area contributed by atoms with E-state index < -0.39 is 23.8 Å². The van der Waals surface area contributed by atoms with Gasteiger partial charge in [0.15, 0.2) is 0 Å². The maximum atomic E-state index is 13.4. The van der Waals surface area contributed by atoms with Crippen LogP contribution < -0.4 is 11.1 Å². The molecule has 1 aliphatic heterocycles. The number of amidine groups is 1. The Morgan fingerprint density at radius 1 is 1.50 bits per heavy atom. The van der Waals surface area contributed by atoms with Crippen molar-refractivity contribution in [2.45, 2.75) is 6.10 Å². The quantitative estimate of drug-likeness (QED) is 0.561. The first kappa shape index (κ1) is 14.2. The lowest BCUT2D eigenvalue weighted by Crippen LogP contribution is -2.51. The fourth-order valence-electron chi connectivity index (χ4n) is 1.81. The van der Waals surface area contributed by atoms with E-state index in [2.05, 4.69) is 5.32 Å². The van der Waals surface area contributed by atoms with Crippen LogP contribution >= 0.6 is 0 Å². The van der Waals surface area contributed by atoms with Gasteiger partial charge in [-0.05, 0) is 12.1 Å². The maximum absolute atomic E-state index is 13.4. The number of amides is 2. The minimum Gasteiger partial charge on any atom is -0.385 e. The molecule has 1 unspecified atom stereocenters. The third-order valence-corrected chi connectivity index (χ3v) is 2.87. The van der Waals surface area contributed by atoms with Crippen LogP contribution in [0.5, 0.6) is 0 Å². The average molecular weight is 284 g/mol. The second-order valence-electron chi connectivity index (χ2n) is 4.32. The lowest BCUT2D eigenvalue weighted by molar-refractivity contribution is 0.0234. The Balaban J connectivity index is 2.02. The van der Waals surface area contributed by atoms with Gasteiger partial charge in [-0.1, -0.05) is 0 Å². The molecule has 8 heteroatoms. The minimum absolute atomic E-state index is 0.109. The number of ether oxygens (including phenoxy) is 1. The summed E-state index contributed by atoms with van der Waals surface area (Å²) in [6.07, 6.45) is -0.660. The van der Waals surface area contributed by atoms with Gasteiger partial charge < -0.3 is 20.7 Å². The molecule has 20 heavy (non-hydrogen) atoms. The van der Waals surface area contributed by atoms with Gasteiger partial charge in [0, 0.05) is 12.6 Å². The van der Waals surface area contributed by atoms with Crippen LogP contribution in [-0.4, -0.2) is 42.6 Å². The molecule has 1 heterocycles. The molecule has 1 fully saturated rings. The Hall–Kier alpha value is -2.22. The number of hydrogen-bond donors (Lipinski definition) is 3. The molecule has 0 radical (unpaired) electrons. The zero-order chi connectivity index (χ0) is 14.7. The number of anilines is 1. The van der Waals surface area contributed by atoms with Gasteiger partial charge in [-0.25, -0.2) is 13.6 Å². The van der Waals surface area contributed by atoms with Crippen LogP contribution in [0.25, 0.3) is 0 Å². The summed E-state index contributed by atoms with van der Waals surface area (Å²) in [5.41, 5.74) is 5.21. The van der Waals surface area contributed by atoms with Crippen molar-refractivity contribution in [1.29, 1.82) is 5.41 Å². The maximum Gasteiger partial charge on any atom is 0.322 e. The van der Waals surface area contributed by atoms with Crippen LogP contribution in [0.1, 0.15) is 0 Å². The molecule has 0 aliphatic carbocycles. The number of rotatable bonds is 2. The molecule has 1 atom stereocenters. The summed E-state index contributed by atoms with van der Waals surface area (Å²) in [6, 6.07) is 2.33. The van der Waals surface area contributed by atoms with Crippen molar-refractivity contribution in [3.63, 3.8) is 0 Å². The van der Waals surface area contributed by atoms with Crippen LogP contribution in [-0.2, 0) is 4.74 Å². The number of benzene rings is 1. The van der Waals surface area contributed by atoms with Gasteiger partial charge in [0.2, 0.25) is 0 Å². The van der Waals surface area contributed by atoms with Gasteiger partial charge in [0.1, 0.15) is 23.6 Å². The van der Waals surface area contributed by atoms with Crippen LogP contribution in [0.15, 0.2) is 18.2 Å². The molecule has 0 spiro atoms. The monoisotopic (exact) mass is 284 g/mol. The molecule has 2 amide bonds. The number of carbonyl (C=O) groups is 1. The topological polar surface area (TPSA) is 91.4 Å². The molecule has 1 aromatic rings. The predicted octanol–water partition coefficient (Wildman–Crippen LogP) is 1.13. The molecule has 6 nitrogen and oxygen atoms in total. The minimum atomic E-state index is -0.852. The Labute approximate surface area is 114 Å². The highest BCUT2D eigenvalue weighted by atomic mass is 19.1. The normalized spacial score (nSPS) is 18.7. The number of urea groups is 1. The van der Waals surface area contributed by atoms with E-state index in [-0.39, 0.29) is 24.7 Å². The van der Waals surface area contributed by atoms with E-state index in [1.54, 1.807) is 0 Å². The van der Waals surface area contributed by atoms with Gasteiger partial charge in [0.25, 0.3) is 0 Å². The fourth-order valence-corrected chi connectivity index (χ4v) is 1.81. The van der Waals surface area contributed by atoms with Crippen molar-refractivity contribution in [2.75, 3.05) is 25.0 Å². The van der Waals surface area contributed by atoms with Gasteiger partial charge in [0.05, 0.1) is 18.8 Å². The molecule has 4 N–H and O–H groups in total. The molecular formula is C12H14F2N4O2. The van der Waals surface area contributed by atoms with Crippen molar-refractivity contribution in [3.05, 3.63) is 29.8 Å². The summed E-state index contributed by atoms with van der Waals surface area (Å²) in [4.78, 5) is 13.3. The Morgan fingerprint density at radius 2 is 2.25 bits per heavy atom. The Bertz CT molecular complexity index is 538. The Morgan fingerprint density at radius 3 is 2.90 bits per heavy atom. The standard InChI is InChI=1S/C12H14F2N4O2/c13-7-1-2-9(8(14)5-7)17-12(19)18-3-4-20-10(6-18)11(15)16/h1-2,5,10H,3-4,6H2,(H3,15,16)(H,17,19). The number of nitrogens with two attached hydrogens (primary N) is 1. The number of carbonyl (C=O) groups excluding carboxylic acids is 1. The molecule has 1 aromatic carbocycles. The second-order valence-corrected chi connectivity index (χ2v) is 4.32.